The van der Waals surface area contributed by atoms with E-state index in [0.29, 0.717) is 29.9 Å². The zero-order valence-electron chi connectivity index (χ0n) is 18.4. The first-order valence-electron chi connectivity index (χ1n) is 11.2. The van der Waals surface area contributed by atoms with Gasteiger partial charge < -0.3 is 14.5 Å². The van der Waals surface area contributed by atoms with Gasteiger partial charge in [0.05, 0.1) is 29.7 Å². The molecule has 1 aliphatic carbocycles. The van der Waals surface area contributed by atoms with Crippen LogP contribution in [0.1, 0.15) is 24.8 Å². The maximum atomic E-state index is 13.8. The van der Waals surface area contributed by atoms with E-state index in [9.17, 15) is 23.6 Å². The van der Waals surface area contributed by atoms with Crippen LogP contribution in [0.15, 0.2) is 42.6 Å². The van der Waals surface area contributed by atoms with Gasteiger partial charge in [-0.1, -0.05) is 18.2 Å². The maximum Gasteiger partial charge on any atom is 0.268 e. The Bertz CT molecular complexity index is 1390. The molecule has 1 atom stereocenters. The van der Waals surface area contributed by atoms with Crippen molar-refractivity contribution in [1.29, 1.82) is 5.26 Å². The molecule has 1 saturated carbocycles. The van der Waals surface area contributed by atoms with Gasteiger partial charge in [-0.05, 0) is 17.7 Å². The number of para-hydroxylation sites is 1. The van der Waals surface area contributed by atoms with Gasteiger partial charge in [0.2, 0.25) is 17.7 Å². The number of H-pyrrole nitrogens is 1. The van der Waals surface area contributed by atoms with Crippen LogP contribution in [0.25, 0.3) is 11.0 Å². The number of alkyl halides is 2. The van der Waals surface area contributed by atoms with Gasteiger partial charge in [0, 0.05) is 31.0 Å². The molecule has 2 amide bonds. The number of likely N-dealkylation sites (tertiary alicyclic amines) is 1. The van der Waals surface area contributed by atoms with Crippen molar-refractivity contribution in [2.24, 2.45) is 0 Å². The highest BCUT2D eigenvalue weighted by atomic mass is 19.3. The van der Waals surface area contributed by atoms with E-state index in [2.05, 4.69) is 15.2 Å². The molecule has 6 rings (SSSR count). The molecule has 1 aromatic carbocycles. The van der Waals surface area contributed by atoms with E-state index in [4.69, 9.17) is 4.74 Å². The highest BCUT2D eigenvalue weighted by Crippen LogP contribution is 2.54. The molecule has 0 radical (unpaired) electrons. The van der Waals surface area contributed by atoms with Crippen LogP contribution in [0.2, 0.25) is 0 Å². The summed E-state index contributed by atoms with van der Waals surface area (Å²) in [5, 5.41) is 16.0. The Labute approximate surface area is 198 Å². The Morgan fingerprint density at radius 1 is 1.23 bits per heavy atom. The molecule has 11 heteroatoms. The van der Waals surface area contributed by atoms with Crippen molar-refractivity contribution in [3.8, 4) is 11.9 Å². The van der Waals surface area contributed by atoms with Crippen molar-refractivity contribution in [2.75, 3.05) is 18.0 Å². The van der Waals surface area contributed by atoms with Crippen molar-refractivity contribution >= 4 is 28.5 Å². The highest BCUT2D eigenvalue weighted by molar-refractivity contribution is 6.11. The van der Waals surface area contributed by atoms with Crippen LogP contribution in [0.3, 0.4) is 0 Å². The van der Waals surface area contributed by atoms with Crippen LogP contribution < -0.4 is 9.64 Å². The predicted octanol–water partition coefficient (Wildman–Crippen LogP) is 2.54. The second kappa shape index (κ2) is 7.46. The fraction of sp³-hybridized carbons (Fsp3) is 0.375. The number of anilines is 1. The fourth-order valence-corrected chi connectivity index (χ4v) is 5.42. The number of nitriles is 1. The monoisotopic (exact) mass is 478 g/mol. The fourth-order valence-electron chi connectivity index (χ4n) is 5.42. The number of hydrogen-bond acceptors (Lipinski definition) is 6. The predicted molar refractivity (Wildman–Crippen MR) is 119 cm³/mol. The summed E-state index contributed by atoms with van der Waals surface area (Å²) in [6.45, 7) is -1.21. The molecule has 2 aliphatic heterocycles. The third kappa shape index (κ3) is 3.31. The molecule has 4 heterocycles. The minimum absolute atomic E-state index is 0.250. The third-order valence-corrected chi connectivity index (χ3v) is 7.11. The number of rotatable bonds is 4. The van der Waals surface area contributed by atoms with Crippen LogP contribution in [0.4, 0.5) is 14.5 Å². The van der Waals surface area contributed by atoms with E-state index in [1.54, 1.807) is 30.5 Å². The Kier molecular flexibility index (Phi) is 4.58. The molecule has 178 valence electrons. The second-order valence-electron chi connectivity index (χ2n) is 9.32. The molecular weight excluding hydrogens is 458 g/mol. The molecule has 0 bridgehead atoms. The second-order valence-corrected chi connectivity index (χ2v) is 9.32. The Morgan fingerprint density at radius 2 is 2.03 bits per heavy atom. The molecule has 9 nitrogen and oxygen atoms in total. The third-order valence-electron chi connectivity index (χ3n) is 7.11. The van der Waals surface area contributed by atoms with Crippen LogP contribution in [-0.2, 0) is 15.0 Å². The Morgan fingerprint density at radius 3 is 2.83 bits per heavy atom. The minimum Gasteiger partial charge on any atom is -0.474 e. The van der Waals surface area contributed by atoms with Crippen molar-refractivity contribution in [2.45, 2.75) is 42.7 Å². The summed E-state index contributed by atoms with van der Waals surface area (Å²) in [6.07, 6.45) is 1.47. The van der Waals surface area contributed by atoms with Gasteiger partial charge in [0.25, 0.3) is 5.92 Å². The first-order chi connectivity index (χ1) is 16.8. The number of benzene rings is 1. The van der Waals surface area contributed by atoms with Crippen LogP contribution >= 0.6 is 0 Å². The van der Waals surface area contributed by atoms with E-state index in [1.807, 2.05) is 18.2 Å². The zero-order valence-corrected chi connectivity index (χ0v) is 18.4. The van der Waals surface area contributed by atoms with Crippen molar-refractivity contribution in [3.05, 3.63) is 48.2 Å². The van der Waals surface area contributed by atoms with Gasteiger partial charge in [-0.3, -0.25) is 14.7 Å². The SMILES string of the molecule is N#C[C@@H]1CC(F)(F)CN1C(=O)CN1C(=O)C2(CC(Oc3ccc4[nH]ncc4n3)C2)c2ccccc21. The number of aromatic amines is 1. The largest absolute Gasteiger partial charge is 0.474 e. The van der Waals surface area contributed by atoms with Gasteiger partial charge in [0.1, 0.15) is 24.2 Å². The standard InChI is InChI=1S/C24H20F2N6O3/c25-24(26)7-14(10-27)32(13-24)21(33)12-31-19-4-2-1-3-16(19)23(22(31)34)8-15(9-23)35-20-6-5-17-18(29-20)11-28-30-17/h1-6,11,14-15H,7-9,12-13H2,(H,28,30)/t14-,15?,23?/m0/s1. The number of nitrogens with one attached hydrogen (secondary N) is 1. The lowest BCUT2D eigenvalue weighted by Gasteiger charge is -2.43. The number of ether oxygens (including phenoxy) is 1. The lowest BCUT2D eigenvalue weighted by atomic mass is 9.63. The van der Waals surface area contributed by atoms with Crippen LogP contribution in [0, 0.1) is 11.3 Å². The van der Waals surface area contributed by atoms with E-state index in [-0.39, 0.29) is 12.0 Å². The molecule has 1 saturated heterocycles. The molecule has 35 heavy (non-hydrogen) atoms. The van der Waals surface area contributed by atoms with Crippen LogP contribution in [-0.4, -0.2) is 63.1 Å². The summed E-state index contributed by atoms with van der Waals surface area (Å²) in [4.78, 5) is 33.2. The molecule has 1 spiro atoms. The molecule has 3 aliphatic rings. The van der Waals surface area contributed by atoms with E-state index in [0.717, 1.165) is 16.0 Å². The van der Waals surface area contributed by atoms with Gasteiger partial charge in [-0.15, -0.1) is 0 Å². The summed E-state index contributed by atoms with van der Waals surface area (Å²) in [6, 6.07) is 11.3. The summed E-state index contributed by atoms with van der Waals surface area (Å²) in [5.41, 5.74) is 2.00. The molecule has 1 N–H and O–H groups in total. The van der Waals surface area contributed by atoms with Crippen molar-refractivity contribution < 1.29 is 23.1 Å². The first-order valence-corrected chi connectivity index (χ1v) is 11.2. The zero-order chi connectivity index (χ0) is 24.4. The number of halogens is 2. The average molecular weight is 478 g/mol. The lowest BCUT2D eigenvalue weighted by molar-refractivity contribution is -0.135. The van der Waals surface area contributed by atoms with Gasteiger partial charge in [-0.25, -0.2) is 13.8 Å². The maximum absolute atomic E-state index is 13.8. The van der Waals surface area contributed by atoms with Gasteiger partial charge >= 0.3 is 0 Å². The summed E-state index contributed by atoms with van der Waals surface area (Å²) in [7, 11) is 0. The summed E-state index contributed by atoms with van der Waals surface area (Å²) in [5.74, 6) is -3.61. The molecule has 2 fully saturated rings. The van der Waals surface area contributed by atoms with Gasteiger partial charge in [0.15, 0.2) is 0 Å². The topological polar surface area (TPSA) is 115 Å². The summed E-state index contributed by atoms with van der Waals surface area (Å²) >= 11 is 0. The van der Waals surface area contributed by atoms with Gasteiger partial charge in [-0.2, -0.15) is 10.4 Å². The number of amides is 2. The molecule has 2 aromatic heterocycles. The number of fused-ring (bicyclic) bond motifs is 3. The molecular formula is C24H20F2N6O3. The van der Waals surface area contributed by atoms with E-state index in [1.165, 1.54) is 4.90 Å². The Hall–Kier alpha value is -4.07. The molecule has 3 aromatic rings. The number of hydrogen-bond donors (Lipinski definition) is 1. The van der Waals surface area contributed by atoms with Crippen molar-refractivity contribution in [1.82, 2.24) is 20.1 Å². The number of pyridine rings is 1. The lowest BCUT2D eigenvalue weighted by Crippen LogP contribution is -2.55. The first kappa shape index (κ1) is 21.5. The minimum atomic E-state index is -3.11. The highest BCUT2D eigenvalue weighted by Gasteiger charge is 2.60. The quantitative estimate of drug-likeness (QED) is 0.616. The average Bonchev–Trinajstić information content (AvgIpc) is 3.47. The smallest absolute Gasteiger partial charge is 0.268 e. The summed E-state index contributed by atoms with van der Waals surface area (Å²) < 4.78 is 33.7. The number of carbonyl (C=O) groups is 2. The molecule has 0 unspecified atom stereocenters. The van der Waals surface area contributed by atoms with Crippen LogP contribution in [0.5, 0.6) is 5.88 Å². The van der Waals surface area contributed by atoms with Crippen molar-refractivity contribution in [3.63, 3.8) is 0 Å². The van der Waals surface area contributed by atoms with E-state index < -0.39 is 42.8 Å². The number of aromatic nitrogens is 3. The number of nitrogens with zero attached hydrogens (tertiary/aromatic N) is 5. The number of carbonyl (C=O) groups excluding carboxylic acids is 2. The normalized spacial score (nSPS) is 26.6. The Balaban J connectivity index is 1.20. The van der Waals surface area contributed by atoms with E-state index >= 15 is 0 Å².